The average Bonchev–Trinajstić information content (AvgIpc) is 2.26. The molecule has 0 heterocycles. The van der Waals surface area contributed by atoms with Crippen LogP contribution in [-0.4, -0.2) is 32.6 Å². The molecule has 0 aliphatic heterocycles. The van der Waals surface area contributed by atoms with Gasteiger partial charge in [-0.1, -0.05) is 0 Å². The van der Waals surface area contributed by atoms with Crippen molar-refractivity contribution >= 4 is 45.6 Å². The van der Waals surface area contributed by atoms with Crippen molar-refractivity contribution in [3.05, 3.63) is 34.4 Å². The minimum atomic E-state index is -1.55. The van der Waals surface area contributed by atoms with Crippen LogP contribution in [0.3, 0.4) is 0 Å². The van der Waals surface area contributed by atoms with E-state index in [1.165, 1.54) is 0 Å². The fourth-order valence-corrected chi connectivity index (χ4v) is 1.59. The highest BCUT2D eigenvalue weighted by Crippen LogP contribution is 2.21. The van der Waals surface area contributed by atoms with Gasteiger partial charge in [-0.25, -0.2) is 9.59 Å². The van der Waals surface area contributed by atoms with Gasteiger partial charge in [0.25, 0.3) is 10.5 Å². The second-order valence-corrected chi connectivity index (χ2v) is 3.79. The lowest BCUT2D eigenvalue weighted by atomic mass is 9.99. The van der Waals surface area contributed by atoms with Crippen LogP contribution in [0.4, 0.5) is 0 Å². The van der Waals surface area contributed by atoms with E-state index in [9.17, 15) is 19.2 Å². The lowest BCUT2D eigenvalue weighted by Gasteiger charge is -2.07. The summed E-state index contributed by atoms with van der Waals surface area (Å²) in [5.74, 6) is -3.09. The molecule has 0 saturated heterocycles. The minimum absolute atomic E-state index is 0.502. The zero-order valence-electron chi connectivity index (χ0n) is 8.44. The summed E-state index contributed by atoms with van der Waals surface area (Å²) in [4.78, 5) is 43.8. The van der Waals surface area contributed by atoms with Gasteiger partial charge in [0, 0.05) is 11.1 Å². The summed E-state index contributed by atoms with van der Waals surface area (Å²) in [6.07, 6.45) is 0. The first-order valence-corrected chi connectivity index (χ1v) is 5.05. The van der Waals surface area contributed by atoms with Gasteiger partial charge in [-0.05, 0) is 35.3 Å². The van der Waals surface area contributed by atoms with Gasteiger partial charge in [0.1, 0.15) is 0 Å². The van der Waals surface area contributed by atoms with Gasteiger partial charge < -0.3 is 10.2 Å². The SMILES string of the molecule is O=C(O)c1cc(C(=O)O)c(C(=O)Cl)cc1C(=O)Cl. The summed E-state index contributed by atoms with van der Waals surface area (Å²) in [7, 11) is 0. The monoisotopic (exact) mass is 290 g/mol. The third kappa shape index (κ3) is 2.66. The van der Waals surface area contributed by atoms with E-state index in [4.69, 9.17) is 33.4 Å². The normalized spacial score (nSPS) is 9.89. The molecule has 0 unspecified atom stereocenters. The Labute approximate surface area is 110 Å². The largest absolute Gasteiger partial charge is 0.478 e. The third-order valence-corrected chi connectivity index (χ3v) is 2.45. The van der Waals surface area contributed by atoms with Crippen LogP contribution >= 0.6 is 23.2 Å². The fourth-order valence-electron chi connectivity index (χ4n) is 1.28. The number of aromatic carboxylic acids is 2. The molecule has 2 N–H and O–H groups in total. The van der Waals surface area contributed by atoms with Crippen molar-refractivity contribution in [3.8, 4) is 0 Å². The lowest BCUT2D eigenvalue weighted by molar-refractivity contribution is 0.0691. The summed E-state index contributed by atoms with van der Waals surface area (Å²) >= 11 is 10.3. The molecule has 1 rings (SSSR count). The van der Waals surface area contributed by atoms with Gasteiger partial charge in [0.2, 0.25) is 0 Å². The number of carbonyl (C=O) groups excluding carboxylic acids is 2. The smallest absolute Gasteiger partial charge is 0.336 e. The summed E-state index contributed by atoms with van der Waals surface area (Å²) in [6, 6.07) is 1.41. The summed E-state index contributed by atoms with van der Waals surface area (Å²) in [5, 5.41) is 15.4. The molecule has 0 aromatic heterocycles. The van der Waals surface area contributed by atoms with Crippen molar-refractivity contribution in [1.82, 2.24) is 0 Å². The molecular weight excluding hydrogens is 287 g/mol. The molecule has 0 spiro atoms. The Morgan fingerprint density at radius 1 is 0.722 bits per heavy atom. The molecule has 0 aliphatic carbocycles. The highest BCUT2D eigenvalue weighted by atomic mass is 35.5. The van der Waals surface area contributed by atoms with Gasteiger partial charge in [-0.2, -0.15) is 0 Å². The maximum Gasteiger partial charge on any atom is 0.336 e. The van der Waals surface area contributed by atoms with Crippen LogP contribution in [-0.2, 0) is 0 Å². The Kier molecular flexibility index (Phi) is 4.05. The van der Waals surface area contributed by atoms with Gasteiger partial charge in [-0.3, -0.25) is 9.59 Å². The number of carbonyl (C=O) groups is 4. The van der Waals surface area contributed by atoms with Crippen molar-refractivity contribution in [1.29, 1.82) is 0 Å². The Balaban J connectivity index is 3.71. The van der Waals surface area contributed by atoms with Crippen LogP contribution in [0.1, 0.15) is 41.4 Å². The van der Waals surface area contributed by atoms with Gasteiger partial charge in [0.15, 0.2) is 0 Å². The Morgan fingerprint density at radius 2 is 1.00 bits per heavy atom. The second kappa shape index (κ2) is 5.16. The molecule has 0 atom stereocenters. The lowest BCUT2D eigenvalue weighted by Crippen LogP contribution is -2.12. The van der Waals surface area contributed by atoms with Crippen molar-refractivity contribution in [2.75, 3.05) is 0 Å². The van der Waals surface area contributed by atoms with E-state index in [0.29, 0.717) is 6.07 Å². The minimum Gasteiger partial charge on any atom is -0.478 e. The van der Waals surface area contributed by atoms with Crippen LogP contribution in [0.25, 0.3) is 0 Å². The van der Waals surface area contributed by atoms with E-state index < -0.39 is 44.7 Å². The first-order chi connectivity index (χ1) is 8.25. The molecule has 0 radical (unpaired) electrons. The van der Waals surface area contributed by atoms with E-state index in [1.807, 2.05) is 0 Å². The maximum atomic E-state index is 11.0. The predicted octanol–water partition coefficient (Wildman–Crippen LogP) is 1.84. The highest BCUT2D eigenvalue weighted by Gasteiger charge is 2.23. The molecular formula is C10H4Cl2O6. The zero-order chi connectivity index (χ0) is 14.0. The fraction of sp³-hybridized carbons (Fsp3) is 0. The third-order valence-electron chi connectivity index (χ3n) is 2.04. The molecule has 0 bridgehead atoms. The van der Waals surface area contributed by atoms with Crippen LogP contribution in [0, 0.1) is 0 Å². The molecule has 1 aromatic carbocycles. The number of carboxylic acids is 2. The van der Waals surface area contributed by atoms with Crippen molar-refractivity contribution in [2.45, 2.75) is 0 Å². The number of halogens is 2. The predicted molar refractivity (Wildman–Crippen MR) is 60.7 cm³/mol. The van der Waals surface area contributed by atoms with Crippen LogP contribution in [0.2, 0.25) is 0 Å². The average molecular weight is 291 g/mol. The quantitative estimate of drug-likeness (QED) is 0.819. The molecule has 8 heteroatoms. The number of rotatable bonds is 4. The second-order valence-electron chi connectivity index (χ2n) is 3.10. The van der Waals surface area contributed by atoms with Crippen molar-refractivity contribution in [2.24, 2.45) is 0 Å². The molecule has 18 heavy (non-hydrogen) atoms. The molecule has 0 aliphatic rings. The van der Waals surface area contributed by atoms with Crippen LogP contribution in [0.15, 0.2) is 12.1 Å². The first-order valence-electron chi connectivity index (χ1n) is 4.30. The van der Waals surface area contributed by atoms with Crippen molar-refractivity contribution in [3.63, 3.8) is 0 Å². The van der Waals surface area contributed by atoms with Crippen LogP contribution in [0.5, 0.6) is 0 Å². The molecule has 0 amide bonds. The molecule has 0 fully saturated rings. The maximum absolute atomic E-state index is 11.0. The Hall–Kier alpha value is -1.92. The van der Waals surface area contributed by atoms with E-state index in [2.05, 4.69) is 0 Å². The molecule has 6 nitrogen and oxygen atoms in total. The Morgan fingerprint density at radius 3 is 1.22 bits per heavy atom. The van der Waals surface area contributed by atoms with Crippen molar-refractivity contribution < 1.29 is 29.4 Å². The van der Waals surface area contributed by atoms with E-state index >= 15 is 0 Å². The summed E-state index contributed by atoms with van der Waals surface area (Å²) in [5.41, 5.74) is -2.24. The van der Waals surface area contributed by atoms with Crippen LogP contribution < -0.4 is 0 Å². The first kappa shape index (κ1) is 14.1. The van der Waals surface area contributed by atoms with E-state index in [-0.39, 0.29) is 0 Å². The number of hydrogen-bond donors (Lipinski definition) is 2. The number of carboxylic acid groups (broad SMARTS) is 2. The zero-order valence-corrected chi connectivity index (χ0v) is 9.95. The van der Waals surface area contributed by atoms with E-state index in [0.717, 1.165) is 6.07 Å². The highest BCUT2D eigenvalue weighted by molar-refractivity contribution is 6.69. The summed E-state index contributed by atoms with van der Waals surface area (Å²) in [6.45, 7) is 0. The number of benzene rings is 1. The van der Waals surface area contributed by atoms with E-state index in [1.54, 1.807) is 0 Å². The molecule has 94 valence electrons. The molecule has 1 aromatic rings. The summed E-state index contributed by atoms with van der Waals surface area (Å²) < 4.78 is 0. The standard InChI is InChI=1S/C10H4Cl2O6/c11-7(13)3-1-4(8(12)14)6(10(17)18)2-5(3)9(15)16/h1-2H,(H,15,16)(H,17,18). The Bertz CT molecular complexity index is 480. The number of hydrogen-bond acceptors (Lipinski definition) is 4. The van der Waals surface area contributed by atoms with Gasteiger partial charge in [-0.15, -0.1) is 0 Å². The van der Waals surface area contributed by atoms with Gasteiger partial charge in [0.05, 0.1) is 11.1 Å². The van der Waals surface area contributed by atoms with Gasteiger partial charge >= 0.3 is 11.9 Å². The topological polar surface area (TPSA) is 109 Å². The molecule has 0 saturated carbocycles.